The molecule has 0 aliphatic heterocycles. The highest BCUT2D eigenvalue weighted by molar-refractivity contribution is 5.40. The minimum absolute atomic E-state index is 0.962. The second-order valence-electron chi connectivity index (χ2n) is 5.02. The van der Waals surface area contributed by atoms with Crippen molar-refractivity contribution in [2.45, 2.75) is 31.1 Å². The van der Waals surface area contributed by atoms with Gasteiger partial charge in [0.15, 0.2) is 11.4 Å². The molecule has 0 aliphatic carbocycles. The van der Waals surface area contributed by atoms with Gasteiger partial charge in [-0.05, 0) is 0 Å². The lowest BCUT2D eigenvalue weighted by atomic mass is 9.99. The van der Waals surface area contributed by atoms with Crippen molar-refractivity contribution in [3.8, 4) is 0 Å². The van der Waals surface area contributed by atoms with Crippen molar-refractivity contribution in [3.05, 3.63) is 33.9 Å². The van der Waals surface area contributed by atoms with Crippen LogP contribution in [0.2, 0.25) is 0 Å². The standard InChI is InChI=1S/C11H4F12N4/c12-8(13,14)4-2(5(25-24-4)9(15,16)17)1-3-6(10(18,19)20)26-27-7(3)11(21,22)23/h1H2,(H,24,25)(H,26,27). The molecule has 0 bridgehead atoms. The molecule has 0 spiro atoms. The molecule has 152 valence electrons. The first kappa shape index (κ1) is 20.9. The lowest BCUT2D eigenvalue weighted by Gasteiger charge is -2.13. The smallest absolute Gasteiger partial charge is 0.273 e. The topological polar surface area (TPSA) is 57.4 Å². The minimum atomic E-state index is -5.57. The van der Waals surface area contributed by atoms with E-state index < -0.39 is 65.0 Å². The molecule has 0 fully saturated rings. The Bertz CT molecular complexity index is 685. The van der Waals surface area contributed by atoms with Crippen molar-refractivity contribution in [2.24, 2.45) is 0 Å². The molecule has 0 aromatic carbocycles. The molecule has 0 atom stereocenters. The van der Waals surface area contributed by atoms with E-state index in [2.05, 4.69) is 10.2 Å². The maximum Gasteiger partial charge on any atom is 0.435 e. The molecule has 2 rings (SSSR count). The average Bonchev–Trinajstić information content (AvgIpc) is 2.99. The van der Waals surface area contributed by atoms with E-state index in [1.807, 2.05) is 0 Å². The van der Waals surface area contributed by atoms with Crippen LogP contribution in [0.3, 0.4) is 0 Å². The second-order valence-corrected chi connectivity index (χ2v) is 5.02. The summed E-state index contributed by atoms with van der Waals surface area (Å²) in [6.45, 7) is 0. The quantitative estimate of drug-likeness (QED) is 0.686. The Morgan fingerprint density at radius 2 is 0.815 bits per heavy atom. The number of hydrogen-bond acceptors (Lipinski definition) is 2. The van der Waals surface area contributed by atoms with Crippen molar-refractivity contribution in [1.82, 2.24) is 20.4 Å². The number of nitrogens with zero attached hydrogens (tertiary/aromatic N) is 2. The molecular formula is C11H4F12N4. The van der Waals surface area contributed by atoms with Gasteiger partial charge in [0.1, 0.15) is 11.4 Å². The maximum absolute atomic E-state index is 12.8. The van der Waals surface area contributed by atoms with E-state index in [-0.39, 0.29) is 0 Å². The molecule has 2 aromatic heterocycles. The molecule has 0 saturated carbocycles. The van der Waals surface area contributed by atoms with Crippen LogP contribution in [0.15, 0.2) is 0 Å². The molecular weight excluding hydrogens is 416 g/mol. The maximum atomic E-state index is 12.8. The number of aromatic nitrogens is 4. The summed E-state index contributed by atoms with van der Waals surface area (Å²) >= 11 is 0. The summed E-state index contributed by atoms with van der Waals surface area (Å²) in [6.07, 6.45) is -24.3. The first-order chi connectivity index (χ1) is 11.9. The molecule has 16 heteroatoms. The number of alkyl halides is 12. The number of hydrogen-bond donors (Lipinski definition) is 2. The van der Waals surface area contributed by atoms with Crippen LogP contribution in [0.25, 0.3) is 0 Å². The summed E-state index contributed by atoms with van der Waals surface area (Å²) in [5, 5.41) is 6.63. The van der Waals surface area contributed by atoms with Crippen molar-refractivity contribution in [2.75, 3.05) is 0 Å². The summed E-state index contributed by atoms with van der Waals surface area (Å²) in [5.74, 6) is 0. The van der Waals surface area contributed by atoms with E-state index in [4.69, 9.17) is 0 Å². The highest BCUT2D eigenvalue weighted by Crippen LogP contribution is 2.43. The van der Waals surface area contributed by atoms with Gasteiger partial charge in [-0.25, -0.2) is 0 Å². The fraction of sp³-hybridized carbons (Fsp3) is 0.455. The Morgan fingerprint density at radius 3 is 1.04 bits per heavy atom. The third-order valence-corrected chi connectivity index (χ3v) is 3.19. The van der Waals surface area contributed by atoms with Crippen LogP contribution >= 0.6 is 0 Å². The van der Waals surface area contributed by atoms with Gasteiger partial charge in [-0.2, -0.15) is 62.9 Å². The molecule has 0 aliphatic rings. The van der Waals surface area contributed by atoms with Crippen LogP contribution in [-0.4, -0.2) is 20.4 Å². The zero-order valence-corrected chi connectivity index (χ0v) is 12.1. The fourth-order valence-electron chi connectivity index (χ4n) is 2.19. The number of nitrogens with one attached hydrogen (secondary N) is 2. The largest absolute Gasteiger partial charge is 0.435 e. The van der Waals surface area contributed by atoms with Gasteiger partial charge in [0.25, 0.3) is 0 Å². The van der Waals surface area contributed by atoms with Crippen molar-refractivity contribution in [3.63, 3.8) is 0 Å². The molecule has 2 aromatic rings. The first-order valence-corrected chi connectivity index (χ1v) is 6.37. The Hall–Kier alpha value is -2.42. The van der Waals surface area contributed by atoms with Gasteiger partial charge >= 0.3 is 24.7 Å². The molecule has 0 saturated heterocycles. The third-order valence-electron chi connectivity index (χ3n) is 3.19. The van der Waals surface area contributed by atoms with Crippen molar-refractivity contribution in [1.29, 1.82) is 0 Å². The SMILES string of the molecule is FC(F)(F)c1n[nH]c(C(F)(F)F)c1Cc1c(C(F)(F)F)n[nH]c1C(F)(F)F. The Balaban J connectivity index is 2.74. The predicted molar refractivity (Wildman–Crippen MR) is 60.0 cm³/mol. The summed E-state index contributed by atoms with van der Waals surface area (Å²) in [5.41, 5.74) is -12.9. The van der Waals surface area contributed by atoms with E-state index >= 15 is 0 Å². The van der Waals surface area contributed by atoms with Crippen LogP contribution < -0.4 is 0 Å². The highest BCUT2D eigenvalue weighted by Gasteiger charge is 2.48. The van der Waals surface area contributed by atoms with Crippen LogP contribution in [0.4, 0.5) is 52.7 Å². The fourth-order valence-corrected chi connectivity index (χ4v) is 2.19. The summed E-state index contributed by atoms with van der Waals surface area (Å²) in [4.78, 5) is 0. The molecule has 0 unspecified atom stereocenters. The van der Waals surface area contributed by atoms with Gasteiger partial charge in [-0.1, -0.05) is 0 Å². The molecule has 0 amide bonds. The van der Waals surface area contributed by atoms with E-state index in [1.54, 1.807) is 0 Å². The normalized spacial score (nSPS) is 14.1. The van der Waals surface area contributed by atoms with Crippen LogP contribution in [0, 0.1) is 0 Å². The van der Waals surface area contributed by atoms with E-state index in [0.29, 0.717) is 0 Å². The monoisotopic (exact) mass is 420 g/mol. The number of H-pyrrole nitrogens is 2. The Morgan fingerprint density at radius 1 is 0.519 bits per heavy atom. The van der Waals surface area contributed by atoms with Crippen LogP contribution in [0.1, 0.15) is 33.9 Å². The van der Waals surface area contributed by atoms with Gasteiger partial charge in [-0.3, -0.25) is 10.2 Å². The van der Waals surface area contributed by atoms with Gasteiger partial charge < -0.3 is 0 Å². The lowest BCUT2D eigenvalue weighted by molar-refractivity contribution is -0.144. The molecule has 2 N–H and O–H groups in total. The molecule has 2 heterocycles. The molecule has 0 radical (unpaired) electrons. The number of aromatic amines is 2. The van der Waals surface area contributed by atoms with E-state index in [9.17, 15) is 52.7 Å². The summed E-state index contributed by atoms with van der Waals surface area (Å²) in [6, 6.07) is 0. The zero-order valence-electron chi connectivity index (χ0n) is 12.1. The Kier molecular flexibility index (Phi) is 4.68. The van der Waals surface area contributed by atoms with Gasteiger partial charge in [0.05, 0.1) is 0 Å². The number of rotatable bonds is 2. The molecule has 4 nitrogen and oxygen atoms in total. The van der Waals surface area contributed by atoms with Crippen molar-refractivity contribution >= 4 is 0 Å². The van der Waals surface area contributed by atoms with Gasteiger partial charge in [0, 0.05) is 17.5 Å². The summed E-state index contributed by atoms with van der Waals surface area (Å²) < 4.78 is 154. The third kappa shape index (κ3) is 4.13. The molecule has 27 heavy (non-hydrogen) atoms. The average molecular weight is 420 g/mol. The van der Waals surface area contributed by atoms with Gasteiger partial charge in [-0.15, -0.1) is 0 Å². The van der Waals surface area contributed by atoms with Gasteiger partial charge in [0.2, 0.25) is 0 Å². The lowest BCUT2D eigenvalue weighted by Crippen LogP contribution is -2.17. The van der Waals surface area contributed by atoms with Crippen molar-refractivity contribution < 1.29 is 52.7 Å². The Labute approximate surface area is 139 Å². The zero-order chi connectivity index (χ0) is 21.0. The predicted octanol–water partition coefficient (Wildman–Crippen LogP) is 4.80. The highest BCUT2D eigenvalue weighted by atomic mass is 19.4. The van der Waals surface area contributed by atoms with E-state index in [0.717, 1.165) is 10.2 Å². The second kappa shape index (κ2) is 6.05. The van der Waals surface area contributed by atoms with Crippen LogP contribution in [0.5, 0.6) is 0 Å². The van der Waals surface area contributed by atoms with Crippen LogP contribution in [-0.2, 0) is 31.1 Å². The summed E-state index contributed by atoms with van der Waals surface area (Å²) in [7, 11) is 0. The van der Waals surface area contributed by atoms with E-state index in [1.165, 1.54) is 0 Å². The first-order valence-electron chi connectivity index (χ1n) is 6.37. The number of halogens is 12. The minimum Gasteiger partial charge on any atom is -0.273 e.